The molecule has 0 spiro atoms. The summed E-state index contributed by atoms with van der Waals surface area (Å²) in [6.45, 7) is 19.3. The molecule has 0 radical (unpaired) electrons. The van der Waals surface area contributed by atoms with Crippen molar-refractivity contribution >= 4 is 0 Å². The Bertz CT molecular complexity index is 569. The Hall–Kier alpha value is -0.520. The topological polar surface area (TPSA) is 0 Å². The van der Waals surface area contributed by atoms with Gasteiger partial charge in [0.05, 0.1) is 0 Å². The summed E-state index contributed by atoms with van der Waals surface area (Å²) in [4.78, 5) is 0. The lowest BCUT2D eigenvalue weighted by Crippen LogP contribution is -2.33. The van der Waals surface area contributed by atoms with Gasteiger partial charge in [-0.05, 0) is 92.3 Å². The van der Waals surface area contributed by atoms with E-state index in [1.54, 1.807) is 11.1 Å². The molecule has 2 aliphatic rings. The number of allylic oxidation sites excluding steroid dienone is 4. The highest BCUT2D eigenvalue weighted by Gasteiger charge is 2.48. The first-order valence-electron chi connectivity index (χ1n) is 13.4. The molecule has 2 rings (SSSR count). The van der Waals surface area contributed by atoms with E-state index in [4.69, 9.17) is 0 Å². The Morgan fingerprint density at radius 3 is 2.50 bits per heavy atom. The van der Waals surface area contributed by atoms with E-state index in [0.717, 1.165) is 23.7 Å². The molecule has 0 bridgehead atoms. The SMILES string of the molecule is CCC/C(=C/C=C1\CCCC2(C)C(CCCCC(C)(C)C)CCC12)C[C@@H](C)C(C)C. The largest absolute Gasteiger partial charge is 0.0700 e. The molecule has 4 atom stereocenters. The summed E-state index contributed by atoms with van der Waals surface area (Å²) in [6.07, 6.45) is 21.9. The van der Waals surface area contributed by atoms with Crippen molar-refractivity contribution in [2.75, 3.05) is 0 Å². The minimum atomic E-state index is 0.498. The maximum Gasteiger partial charge on any atom is -0.0143 e. The second-order valence-electron chi connectivity index (χ2n) is 12.7. The van der Waals surface area contributed by atoms with Crippen LogP contribution in [0.15, 0.2) is 23.3 Å². The molecule has 3 unspecified atom stereocenters. The first kappa shape index (κ1) is 25.7. The standard InChI is InChI=1S/C30H54/c1-9-13-25(22-24(4)23(2)3)16-17-26-14-12-21-30(8)27(18-19-28(26)30)15-10-11-20-29(5,6)7/h16-17,23-24,27-28H,9-15,18-22H2,1-8H3/b25-16-,26-17+/t24-,27?,28?,30?/m1/s1. The summed E-state index contributed by atoms with van der Waals surface area (Å²) in [6, 6.07) is 0. The molecule has 0 heterocycles. The molecule has 2 saturated carbocycles. The summed E-state index contributed by atoms with van der Waals surface area (Å²) >= 11 is 0. The van der Waals surface area contributed by atoms with Crippen LogP contribution >= 0.6 is 0 Å². The second-order valence-corrected chi connectivity index (χ2v) is 12.7. The molecular weight excluding hydrogens is 360 g/mol. The van der Waals surface area contributed by atoms with Crippen molar-refractivity contribution in [1.82, 2.24) is 0 Å². The molecule has 0 aromatic rings. The van der Waals surface area contributed by atoms with Gasteiger partial charge in [0.1, 0.15) is 0 Å². The number of unbranched alkanes of at least 4 members (excludes halogenated alkanes) is 1. The van der Waals surface area contributed by atoms with E-state index in [1.165, 1.54) is 77.0 Å². The first-order chi connectivity index (χ1) is 14.1. The highest BCUT2D eigenvalue weighted by atomic mass is 14.5. The molecule has 0 aromatic carbocycles. The fraction of sp³-hybridized carbons (Fsp3) is 0.867. The smallest absolute Gasteiger partial charge is 0.0143 e. The third kappa shape index (κ3) is 7.27. The van der Waals surface area contributed by atoms with Crippen LogP contribution < -0.4 is 0 Å². The molecule has 174 valence electrons. The van der Waals surface area contributed by atoms with Gasteiger partial charge in [0, 0.05) is 0 Å². The quantitative estimate of drug-likeness (QED) is 0.312. The minimum Gasteiger partial charge on any atom is -0.0700 e. The Morgan fingerprint density at radius 1 is 1.13 bits per heavy atom. The molecule has 0 aromatic heterocycles. The zero-order valence-electron chi connectivity index (χ0n) is 21.9. The van der Waals surface area contributed by atoms with Crippen molar-refractivity contribution in [3.63, 3.8) is 0 Å². The average Bonchev–Trinajstić information content (AvgIpc) is 2.99. The maximum absolute atomic E-state index is 2.66. The Morgan fingerprint density at radius 2 is 1.87 bits per heavy atom. The summed E-state index contributed by atoms with van der Waals surface area (Å²) in [5, 5.41) is 0. The van der Waals surface area contributed by atoms with Crippen molar-refractivity contribution in [2.24, 2.45) is 34.5 Å². The van der Waals surface area contributed by atoms with Gasteiger partial charge < -0.3 is 0 Å². The van der Waals surface area contributed by atoms with Crippen LogP contribution in [0.4, 0.5) is 0 Å². The van der Waals surface area contributed by atoms with E-state index in [1.807, 2.05) is 0 Å². The zero-order chi connectivity index (χ0) is 22.4. The van der Waals surface area contributed by atoms with Crippen LogP contribution in [-0.4, -0.2) is 0 Å². The van der Waals surface area contributed by atoms with Gasteiger partial charge in [0.25, 0.3) is 0 Å². The van der Waals surface area contributed by atoms with E-state index < -0.39 is 0 Å². The lowest BCUT2D eigenvalue weighted by atomic mass is 9.62. The van der Waals surface area contributed by atoms with Crippen LogP contribution in [0.3, 0.4) is 0 Å². The van der Waals surface area contributed by atoms with Gasteiger partial charge in [-0.25, -0.2) is 0 Å². The molecule has 0 nitrogen and oxygen atoms in total. The van der Waals surface area contributed by atoms with E-state index in [-0.39, 0.29) is 0 Å². The van der Waals surface area contributed by atoms with Gasteiger partial charge in [-0.2, -0.15) is 0 Å². The normalized spacial score (nSPS) is 30.2. The lowest BCUT2D eigenvalue weighted by Gasteiger charge is -2.42. The van der Waals surface area contributed by atoms with Gasteiger partial charge >= 0.3 is 0 Å². The van der Waals surface area contributed by atoms with Crippen molar-refractivity contribution in [3.05, 3.63) is 23.3 Å². The zero-order valence-corrected chi connectivity index (χ0v) is 21.9. The Kier molecular flexibility index (Phi) is 9.76. The van der Waals surface area contributed by atoms with E-state index in [0.29, 0.717) is 10.8 Å². The molecule has 30 heavy (non-hydrogen) atoms. The molecule has 0 saturated heterocycles. The maximum atomic E-state index is 2.66. The van der Waals surface area contributed by atoms with Gasteiger partial charge in [-0.15, -0.1) is 0 Å². The second kappa shape index (κ2) is 11.4. The monoisotopic (exact) mass is 414 g/mol. The molecular formula is C30H54. The summed E-state index contributed by atoms with van der Waals surface area (Å²) in [5.74, 6) is 3.40. The van der Waals surface area contributed by atoms with Crippen molar-refractivity contribution in [1.29, 1.82) is 0 Å². The van der Waals surface area contributed by atoms with Crippen molar-refractivity contribution < 1.29 is 0 Å². The van der Waals surface area contributed by atoms with Gasteiger partial charge in [0.15, 0.2) is 0 Å². The van der Waals surface area contributed by atoms with E-state index in [2.05, 4.69) is 67.5 Å². The molecule has 0 amide bonds. The predicted octanol–water partition coefficient (Wildman–Crippen LogP) is 10.1. The van der Waals surface area contributed by atoms with Crippen molar-refractivity contribution in [3.8, 4) is 0 Å². The summed E-state index contributed by atoms with van der Waals surface area (Å²) < 4.78 is 0. The lowest BCUT2D eigenvalue weighted by molar-refractivity contribution is 0.126. The van der Waals surface area contributed by atoms with Crippen LogP contribution in [-0.2, 0) is 0 Å². The minimum absolute atomic E-state index is 0.498. The van der Waals surface area contributed by atoms with E-state index in [9.17, 15) is 0 Å². The third-order valence-electron chi connectivity index (χ3n) is 8.72. The van der Waals surface area contributed by atoms with Gasteiger partial charge in [0.2, 0.25) is 0 Å². The van der Waals surface area contributed by atoms with Crippen molar-refractivity contribution in [2.45, 2.75) is 132 Å². The van der Waals surface area contributed by atoms with Gasteiger partial charge in [-0.1, -0.05) is 98.0 Å². The fourth-order valence-electron chi connectivity index (χ4n) is 6.32. The van der Waals surface area contributed by atoms with Crippen LogP contribution in [0.5, 0.6) is 0 Å². The number of hydrogen-bond acceptors (Lipinski definition) is 0. The predicted molar refractivity (Wildman–Crippen MR) is 136 cm³/mol. The molecule has 0 N–H and O–H groups in total. The first-order valence-corrected chi connectivity index (χ1v) is 13.4. The van der Waals surface area contributed by atoms with Crippen LogP contribution in [0.25, 0.3) is 0 Å². The molecule has 2 fully saturated rings. The molecule has 2 aliphatic carbocycles. The van der Waals surface area contributed by atoms with E-state index >= 15 is 0 Å². The summed E-state index contributed by atoms with van der Waals surface area (Å²) in [5.41, 5.74) is 4.57. The highest BCUT2D eigenvalue weighted by molar-refractivity contribution is 5.25. The third-order valence-corrected chi connectivity index (χ3v) is 8.72. The number of rotatable bonds is 10. The Labute approximate surface area is 190 Å². The van der Waals surface area contributed by atoms with Gasteiger partial charge in [-0.3, -0.25) is 0 Å². The number of fused-ring (bicyclic) bond motifs is 1. The fourth-order valence-corrected chi connectivity index (χ4v) is 6.32. The molecule has 0 heteroatoms. The highest BCUT2D eigenvalue weighted by Crippen LogP contribution is 2.58. The average molecular weight is 415 g/mol. The molecule has 0 aliphatic heterocycles. The van der Waals surface area contributed by atoms with Crippen LogP contribution in [0.2, 0.25) is 0 Å². The van der Waals surface area contributed by atoms with Crippen LogP contribution in [0, 0.1) is 34.5 Å². The Balaban J connectivity index is 2.03. The van der Waals surface area contributed by atoms with Crippen LogP contribution in [0.1, 0.15) is 132 Å². The number of hydrogen-bond donors (Lipinski definition) is 0. The summed E-state index contributed by atoms with van der Waals surface area (Å²) in [7, 11) is 0.